The molecule has 0 aliphatic carbocycles. The zero-order valence-corrected chi connectivity index (χ0v) is 10.1. The maximum absolute atomic E-state index is 13.2. The van der Waals surface area contributed by atoms with Gasteiger partial charge in [-0.25, -0.2) is 4.39 Å². The predicted octanol–water partition coefficient (Wildman–Crippen LogP) is 2.72. The third-order valence-electron chi connectivity index (χ3n) is 2.14. The largest absolute Gasteiger partial charge is 0.420 e. The van der Waals surface area contributed by atoms with Gasteiger partial charge in [0.15, 0.2) is 0 Å². The molecule has 1 amide bonds. The summed E-state index contributed by atoms with van der Waals surface area (Å²) in [4.78, 5) is 10.5. The number of rotatable bonds is 2. The fourth-order valence-corrected chi connectivity index (χ4v) is 1.38. The highest BCUT2D eigenvalue weighted by Gasteiger charge is 2.36. The van der Waals surface area contributed by atoms with Gasteiger partial charge >= 0.3 is 6.18 Å². The van der Waals surface area contributed by atoms with Crippen molar-refractivity contribution in [3.63, 3.8) is 0 Å². The van der Waals surface area contributed by atoms with E-state index in [1.165, 1.54) is 13.0 Å². The Morgan fingerprint density at radius 3 is 2.63 bits per heavy atom. The molecule has 0 spiro atoms. The van der Waals surface area contributed by atoms with Crippen LogP contribution >= 0.6 is 0 Å². The van der Waals surface area contributed by atoms with E-state index in [0.717, 1.165) is 12.1 Å². The van der Waals surface area contributed by atoms with Crippen LogP contribution in [0.5, 0.6) is 0 Å². The van der Waals surface area contributed by atoms with Gasteiger partial charge in [-0.2, -0.15) is 13.2 Å². The number of amides is 1. The Labute approximate surface area is 107 Å². The number of alkyl halides is 3. The summed E-state index contributed by atoms with van der Waals surface area (Å²) in [5.74, 6) is 3.15. The molecule has 0 saturated heterocycles. The molecule has 1 aromatic carbocycles. The van der Waals surface area contributed by atoms with Gasteiger partial charge in [0.25, 0.3) is 0 Å². The third-order valence-corrected chi connectivity index (χ3v) is 2.14. The SMILES string of the molecule is CC(=O)NCCC#Cc1cccc(F)c1C(F)(F)F. The maximum atomic E-state index is 13.2. The molecular weight excluding hydrogens is 262 g/mol. The molecule has 2 nitrogen and oxygen atoms in total. The molecule has 0 heterocycles. The van der Waals surface area contributed by atoms with Gasteiger partial charge in [0, 0.05) is 25.5 Å². The first-order valence-electron chi connectivity index (χ1n) is 5.41. The number of hydrogen-bond donors (Lipinski definition) is 1. The Hall–Kier alpha value is -2.03. The van der Waals surface area contributed by atoms with Crippen LogP contribution in [-0.4, -0.2) is 12.5 Å². The molecule has 1 aromatic rings. The number of carbonyl (C=O) groups excluding carboxylic acids is 1. The average molecular weight is 273 g/mol. The quantitative estimate of drug-likeness (QED) is 0.501. The van der Waals surface area contributed by atoms with Crippen LogP contribution in [0.1, 0.15) is 24.5 Å². The predicted molar refractivity (Wildman–Crippen MR) is 61.6 cm³/mol. The summed E-state index contributed by atoms with van der Waals surface area (Å²) < 4.78 is 51.1. The highest BCUT2D eigenvalue weighted by Crippen LogP contribution is 2.33. The summed E-state index contributed by atoms with van der Waals surface area (Å²) in [6.07, 6.45) is -4.60. The normalized spacial score (nSPS) is 10.6. The van der Waals surface area contributed by atoms with E-state index in [1.54, 1.807) is 0 Å². The first-order chi connectivity index (χ1) is 8.82. The van der Waals surface area contributed by atoms with Crippen molar-refractivity contribution in [2.24, 2.45) is 0 Å². The van der Waals surface area contributed by atoms with Gasteiger partial charge in [0.2, 0.25) is 5.91 Å². The summed E-state index contributed by atoms with van der Waals surface area (Å²) in [6.45, 7) is 1.56. The van der Waals surface area contributed by atoms with Crippen LogP contribution in [-0.2, 0) is 11.0 Å². The Bertz CT molecular complexity index is 526. The fourth-order valence-electron chi connectivity index (χ4n) is 1.38. The van der Waals surface area contributed by atoms with Crippen LogP contribution in [0.25, 0.3) is 0 Å². The molecule has 0 saturated carbocycles. The summed E-state index contributed by atoms with van der Waals surface area (Å²) in [7, 11) is 0. The maximum Gasteiger partial charge on any atom is 0.420 e. The first kappa shape index (κ1) is 15.0. The molecule has 102 valence electrons. The lowest BCUT2D eigenvalue weighted by atomic mass is 10.1. The summed E-state index contributed by atoms with van der Waals surface area (Å²) in [6, 6.07) is 3.02. The second kappa shape index (κ2) is 6.23. The number of hydrogen-bond acceptors (Lipinski definition) is 1. The van der Waals surface area contributed by atoms with Crippen LogP contribution in [0.3, 0.4) is 0 Å². The zero-order chi connectivity index (χ0) is 14.5. The van der Waals surface area contributed by atoms with E-state index in [-0.39, 0.29) is 18.9 Å². The molecule has 0 aromatic heterocycles. The highest BCUT2D eigenvalue weighted by atomic mass is 19.4. The van der Waals surface area contributed by atoms with E-state index in [9.17, 15) is 22.4 Å². The van der Waals surface area contributed by atoms with Crippen molar-refractivity contribution in [2.45, 2.75) is 19.5 Å². The Morgan fingerprint density at radius 2 is 2.05 bits per heavy atom. The standard InChI is InChI=1S/C13H11F4NO/c1-9(19)18-8-3-2-5-10-6-4-7-11(14)12(10)13(15,16)17/h4,6-7H,3,8H2,1H3,(H,18,19). The molecule has 0 atom stereocenters. The Balaban J connectivity index is 2.88. The van der Waals surface area contributed by atoms with Gasteiger partial charge in [-0.1, -0.05) is 17.9 Å². The minimum Gasteiger partial charge on any atom is -0.355 e. The average Bonchev–Trinajstić information content (AvgIpc) is 2.26. The van der Waals surface area contributed by atoms with Gasteiger partial charge in [0.05, 0.1) is 0 Å². The fraction of sp³-hybridized carbons (Fsp3) is 0.308. The van der Waals surface area contributed by atoms with Gasteiger partial charge in [-0.3, -0.25) is 4.79 Å². The minimum atomic E-state index is -4.78. The lowest BCUT2D eigenvalue weighted by molar-refractivity contribution is -0.140. The van der Waals surface area contributed by atoms with E-state index in [2.05, 4.69) is 17.2 Å². The Kier molecular flexibility index (Phi) is 4.93. The van der Waals surface area contributed by atoms with E-state index in [4.69, 9.17) is 0 Å². The van der Waals surface area contributed by atoms with Crippen LogP contribution in [0.2, 0.25) is 0 Å². The van der Waals surface area contributed by atoms with Crippen molar-refractivity contribution in [1.29, 1.82) is 0 Å². The Morgan fingerprint density at radius 1 is 1.37 bits per heavy atom. The topological polar surface area (TPSA) is 29.1 Å². The molecule has 0 aliphatic heterocycles. The second-order valence-electron chi connectivity index (χ2n) is 3.69. The molecule has 0 unspecified atom stereocenters. The van der Waals surface area contributed by atoms with Crippen molar-refractivity contribution in [1.82, 2.24) is 5.32 Å². The van der Waals surface area contributed by atoms with Gasteiger partial charge in [0.1, 0.15) is 11.4 Å². The smallest absolute Gasteiger partial charge is 0.355 e. The summed E-state index contributed by atoms with van der Waals surface area (Å²) >= 11 is 0. The molecular formula is C13H11F4NO. The van der Waals surface area contributed by atoms with E-state index in [1.807, 2.05) is 0 Å². The van der Waals surface area contributed by atoms with Crippen LogP contribution < -0.4 is 5.32 Å². The number of carbonyl (C=O) groups is 1. The lowest BCUT2D eigenvalue weighted by Gasteiger charge is -2.09. The summed E-state index contributed by atoms with van der Waals surface area (Å²) in [5, 5.41) is 2.45. The molecule has 0 radical (unpaired) electrons. The molecule has 0 aliphatic rings. The van der Waals surface area contributed by atoms with E-state index in [0.29, 0.717) is 0 Å². The molecule has 0 fully saturated rings. The minimum absolute atomic E-state index is 0.188. The number of benzene rings is 1. The van der Waals surface area contributed by atoms with Crippen molar-refractivity contribution in [3.8, 4) is 11.8 Å². The number of nitrogens with one attached hydrogen (secondary N) is 1. The zero-order valence-electron chi connectivity index (χ0n) is 10.1. The molecule has 0 bridgehead atoms. The second-order valence-corrected chi connectivity index (χ2v) is 3.69. The van der Waals surface area contributed by atoms with E-state index < -0.39 is 23.1 Å². The van der Waals surface area contributed by atoms with Crippen LogP contribution in [0.15, 0.2) is 18.2 Å². The van der Waals surface area contributed by atoms with Gasteiger partial charge in [-0.15, -0.1) is 0 Å². The van der Waals surface area contributed by atoms with Crippen molar-refractivity contribution in [2.75, 3.05) is 6.54 Å². The third kappa shape index (κ3) is 4.62. The van der Waals surface area contributed by atoms with Crippen molar-refractivity contribution >= 4 is 5.91 Å². The van der Waals surface area contributed by atoms with E-state index >= 15 is 0 Å². The van der Waals surface area contributed by atoms with Crippen LogP contribution in [0.4, 0.5) is 17.6 Å². The van der Waals surface area contributed by atoms with Crippen molar-refractivity contribution < 1.29 is 22.4 Å². The lowest BCUT2D eigenvalue weighted by Crippen LogP contribution is -2.20. The molecule has 6 heteroatoms. The van der Waals surface area contributed by atoms with Crippen molar-refractivity contribution in [3.05, 3.63) is 35.1 Å². The molecule has 1 N–H and O–H groups in total. The van der Waals surface area contributed by atoms with Gasteiger partial charge < -0.3 is 5.32 Å². The molecule has 1 rings (SSSR count). The molecule has 19 heavy (non-hydrogen) atoms. The number of halogens is 4. The monoisotopic (exact) mass is 273 g/mol. The van der Waals surface area contributed by atoms with Gasteiger partial charge in [-0.05, 0) is 12.1 Å². The first-order valence-corrected chi connectivity index (χ1v) is 5.41. The highest BCUT2D eigenvalue weighted by molar-refractivity contribution is 5.72. The summed E-state index contributed by atoms with van der Waals surface area (Å²) in [5.41, 5.74) is -1.77. The van der Waals surface area contributed by atoms with Crippen LogP contribution in [0, 0.1) is 17.7 Å².